The molecular weight excluding hydrogens is 238 g/mol. The van der Waals surface area contributed by atoms with E-state index in [0.29, 0.717) is 0 Å². The molecule has 2 heterocycles. The lowest BCUT2D eigenvalue weighted by Gasteiger charge is -2.18. The number of rotatable bonds is 5. The summed E-state index contributed by atoms with van der Waals surface area (Å²) in [6.45, 7) is 6.18. The Morgan fingerprint density at radius 2 is 2.11 bits per heavy atom. The lowest BCUT2D eigenvalue weighted by molar-refractivity contribution is 0.733. The highest BCUT2D eigenvalue weighted by Crippen LogP contribution is 2.23. The monoisotopic (exact) mass is 259 g/mol. The number of hydrogen-bond donors (Lipinski definition) is 1. The number of anilines is 1. The Bertz CT molecular complexity index is 547. The van der Waals surface area contributed by atoms with Crippen LogP contribution in [0.5, 0.6) is 0 Å². The van der Waals surface area contributed by atoms with E-state index in [-0.39, 0.29) is 6.04 Å². The predicted molar refractivity (Wildman–Crippen MR) is 76.0 cm³/mol. The molecule has 0 radical (unpaired) electrons. The normalized spacial score (nSPS) is 12.4. The van der Waals surface area contributed by atoms with Gasteiger partial charge in [-0.3, -0.25) is 4.68 Å². The topological polar surface area (TPSA) is 55.6 Å². The number of nitrogens with zero attached hydrogens (tertiary/aromatic N) is 4. The van der Waals surface area contributed by atoms with Crippen LogP contribution in [-0.4, -0.2) is 19.7 Å². The molecule has 2 rings (SSSR count). The third-order valence-electron chi connectivity index (χ3n) is 3.21. The number of aromatic nitrogens is 4. The summed E-state index contributed by atoms with van der Waals surface area (Å²) in [6.07, 6.45) is 7.76. The molecule has 0 unspecified atom stereocenters. The molecule has 1 N–H and O–H groups in total. The molecule has 5 nitrogen and oxygen atoms in total. The van der Waals surface area contributed by atoms with E-state index in [1.54, 1.807) is 0 Å². The summed E-state index contributed by atoms with van der Waals surface area (Å²) in [5.74, 6) is 1.73. The van der Waals surface area contributed by atoms with Gasteiger partial charge >= 0.3 is 0 Å². The van der Waals surface area contributed by atoms with E-state index in [0.717, 1.165) is 30.0 Å². The van der Waals surface area contributed by atoms with Gasteiger partial charge in [-0.25, -0.2) is 9.97 Å². The van der Waals surface area contributed by atoms with Crippen molar-refractivity contribution >= 4 is 5.82 Å². The van der Waals surface area contributed by atoms with Crippen LogP contribution in [-0.2, 0) is 13.5 Å². The lowest BCUT2D eigenvalue weighted by Crippen LogP contribution is -2.13. The second-order valence-corrected chi connectivity index (χ2v) is 4.70. The first kappa shape index (κ1) is 13.5. The number of hydrogen-bond acceptors (Lipinski definition) is 4. The van der Waals surface area contributed by atoms with Gasteiger partial charge < -0.3 is 5.32 Å². The molecule has 0 aliphatic carbocycles. The van der Waals surface area contributed by atoms with Crippen LogP contribution < -0.4 is 5.32 Å². The van der Waals surface area contributed by atoms with Crippen LogP contribution in [0.3, 0.4) is 0 Å². The van der Waals surface area contributed by atoms with Crippen LogP contribution in [0.2, 0.25) is 0 Å². The van der Waals surface area contributed by atoms with E-state index in [1.165, 1.54) is 5.56 Å². The van der Waals surface area contributed by atoms with E-state index in [1.807, 2.05) is 37.2 Å². The van der Waals surface area contributed by atoms with Crippen molar-refractivity contribution in [2.75, 3.05) is 5.32 Å². The van der Waals surface area contributed by atoms with Crippen molar-refractivity contribution in [3.05, 3.63) is 35.5 Å². The van der Waals surface area contributed by atoms with E-state index in [9.17, 15) is 0 Å². The molecule has 0 fully saturated rings. The van der Waals surface area contributed by atoms with Gasteiger partial charge in [0, 0.05) is 30.6 Å². The molecule has 2 aromatic heterocycles. The van der Waals surface area contributed by atoms with Crippen molar-refractivity contribution in [1.82, 2.24) is 19.7 Å². The fourth-order valence-electron chi connectivity index (χ4n) is 2.08. The van der Waals surface area contributed by atoms with Crippen molar-refractivity contribution in [2.45, 2.75) is 39.7 Å². The molecular formula is C14H21N5. The fraction of sp³-hybridized carbons (Fsp3) is 0.500. The number of nitrogens with one attached hydrogen (secondary N) is 1. The summed E-state index contributed by atoms with van der Waals surface area (Å²) in [5, 5.41) is 7.75. The molecule has 0 saturated heterocycles. The zero-order chi connectivity index (χ0) is 13.8. The largest absolute Gasteiger partial charge is 0.363 e. The predicted octanol–water partition coefficient (Wildman–Crippen LogP) is 2.64. The van der Waals surface area contributed by atoms with Gasteiger partial charge in [0.1, 0.15) is 11.6 Å². The highest BCUT2D eigenvalue weighted by molar-refractivity contribution is 5.45. The van der Waals surface area contributed by atoms with Crippen LogP contribution in [0, 0.1) is 6.92 Å². The van der Waals surface area contributed by atoms with E-state index in [2.05, 4.69) is 34.2 Å². The third-order valence-corrected chi connectivity index (χ3v) is 3.21. The minimum absolute atomic E-state index is 0.230. The van der Waals surface area contributed by atoms with Gasteiger partial charge in [0.25, 0.3) is 0 Å². The van der Waals surface area contributed by atoms with E-state index >= 15 is 0 Å². The van der Waals surface area contributed by atoms with Gasteiger partial charge in [-0.05, 0) is 19.8 Å². The second-order valence-electron chi connectivity index (χ2n) is 4.70. The zero-order valence-electron chi connectivity index (χ0n) is 12.0. The van der Waals surface area contributed by atoms with Gasteiger partial charge in [0.05, 0.1) is 12.2 Å². The lowest BCUT2D eigenvalue weighted by atomic mass is 10.1. The molecule has 0 spiro atoms. The summed E-state index contributed by atoms with van der Waals surface area (Å²) in [4.78, 5) is 8.77. The maximum atomic E-state index is 4.51. The summed E-state index contributed by atoms with van der Waals surface area (Å²) < 4.78 is 1.83. The highest BCUT2D eigenvalue weighted by Gasteiger charge is 2.14. The van der Waals surface area contributed by atoms with Crippen molar-refractivity contribution in [1.29, 1.82) is 0 Å². The Balaban J connectivity index is 2.25. The van der Waals surface area contributed by atoms with Crippen LogP contribution in [0.4, 0.5) is 5.82 Å². The zero-order valence-corrected chi connectivity index (χ0v) is 12.0. The smallest absolute Gasteiger partial charge is 0.133 e. The molecule has 0 aliphatic rings. The maximum absolute atomic E-state index is 4.51. The standard InChI is InChI=1S/C14H21N5/c1-5-11-7-15-10(3)17-14(11)18-13(6-2)12-8-16-19(4)9-12/h7-9,13H,5-6H2,1-4H3,(H,15,17,18)/t13-/m1/s1. The Hall–Kier alpha value is -1.91. The average molecular weight is 259 g/mol. The van der Waals surface area contributed by atoms with Crippen LogP contribution >= 0.6 is 0 Å². The maximum Gasteiger partial charge on any atom is 0.133 e. The first-order valence-electron chi connectivity index (χ1n) is 6.71. The minimum atomic E-state index is 0.230. The van der Waals surface area contributed by atoms with E-state index in [4.69, 9.17) is 0 Å². The Labute approximate surface area is 114 Å². The summed E-state index contributed by atoms with van der Waals surface area (Å²) in [6, 6.07) is 0.230. The molecule has 5 heteroatoms. The Kier molecular flexibility index (Phi) is 4.14. The van der Waals surface area contributed by atoms with Gasteiger partial charge in [-0.2, -0.15) is 5.10 Å². The van der Waals surface area contributed by atoms with Gasteiger partial charge in [0.2, 0.25) is 0 Å². The molecule has 102 valence electrons. The average Bonchev–Trinajstić information content (AvgIpc) is 2.82. The summed E-state index contributed by atoms with van der Waals surface area (Å²) in [7, 11) is 1.93. The quantitative estimate of drug-likeness (QED) is 0.897. The molecule has 0 amide bonds. The summed E-state index contributed by atoms with van der Waals surface area (Å²) in [5.41, 5.74) is 2.33. The van der Waals surface area contributed by atoms with Crippen LogP contribution in [0.25, 0.3) is 0 Å². The third kappa shape index (κ3) is 3.10. The molecule has 2 aromatic rings. The summed E-state index contributed by atoms with van der Waals surface area (Å²) >= 11 is 0. The van der Waals surface area contributed by atoms with Gasteiger partial charge in [-0.1, -0.05) is 13.8 Å². The molecule has 1 atom stereocenters. The first-order chi connectivity index (χ1) is 9.13. The molecule has 19 heavy (non-hydrogen) atoms. The number of aryl methyl sites for hydroxylation is 3. The second kappa shape index (κ2) is 5.82. The van der Waals surface area contributed by atoms with Gasteiger partial charge in [-0.15, -0.1) is 0 Å². The van der Waals surface area contributed by atoms with Crippen molar-refractivity contribution in [3.63, 3.8) is 0 Å². The van der Waals surface area contributed by atoms with Crippen molar-refractivity contribution in [2.24, 2.45) is 7.05 Å². The molecule has 0 aromatic carbocycles. The van der Waals surface area contributed by atoms with E-state index < -0.39 is 0 Å². The molecule has 0 bridgehead atoms. The van der Waals surface area contributed by atoms with Crippen LogP contribution in [0.15, 0.2) is 18.6 Å². The minimum Gasteiger partial charge on any atom is -0.363 e. The van der Waals surface area contributed by atoms with Crippen molar-refractivity contribution < 1.29 is 0 Å². The van der Waals surface area contributed by atoms with Crippen LogP contribution in [0.1, 0.15) is 43.3 Å². The van der Waals surface area contributed by atoms with Gasteiger partial charge in [0.15, 0.2) is 0 Å². The first-order valence-corrected chi connectivity index (χ1v) is 6.71. The highest BCUT2D eigenvalue weighted by atomic mass is 15.2. The molecule has 0 aliphatic heterocycles. The fourth-order valence-corrected chi connectivity index (χ4v) is 2.08. The van der Waals surface area contributed by atoms with Crippen molar-refractivity contribution in [3.8, 4) is 0 Å². The Morgan fingerprint density at radius 1 is 1.32 bits per heavy atom. The molecule has 0 saturated carbocycles. The Morgan fingerprint density at radius 3 is 2.68 bits per heavy atom. The SMILES string of the molecule is CCc1cnc(C)nc1N[C@H](CC)c1cnn(C)c1.